The lowest BCUT2D eigenvalue weighted by Crippen LogP contribution is -2.53. The van der Waals surface area contributed by atoms with Gasteiger partial charge in [0.2, 0.25) is 11.8 Å². The van der Waals surface area contributed by atoms with E-state index in [1.54, 1.807) is 11.8 Å². The van der Waals surface area contributed by atoms with Crippen molar-refractivity contribution in [3.8, 4) is 0 Å². The van der Waals surface area contributed by atoms with Crippen LogP contribution in [-0.4, -0.2) is 66.6 Å². The van der Waals surface area contributed by atoms with Gasteiger partial charge < -0.3 is 15.1 Å². The number of carbonyl (C=O) groups is 2. The van der Waals surface area contributed by atoms with E-state index in [1.807, 2.05) is 0 Å². The van der Waals surface area contributed by atoms with Gasteiger partial charge in [0.1, 0.15) is 6.54 Å². The van der Waals surface area contributed by atoms with Crippen LogP contribution in [-0.2, 0) is 9.59 Å². The van der Waals surface area contributed by atoms with E-state index in [1.165, 1.54) is 0 Å². The van der Waals surface area contributed by atoms with E-state index in [0.29, 0.717) is 19.4 Å². The molecule has 0 saturated carbocycles. The molecule has 2 fully saturated rings. The van der Waals surface area contributed by atoms with Crippen LogP contribution in [0.1, 0.15) is 39.0 Å². The van der Waals surface area contributed by atoms with Crippen molar-refractivity contribution < 1.29 is 22.8 Å². The van der Waals surface area contributed by atoms with Gasteiger partial charge in [-0.25, -0.2) is 0 Å². The fourth-order valence-corrected chi connectivity index (χ4v) is 3.48. The van der Waals surface area contributed by atoms with Crippen molar-refractivity contribution in [3.05, 3.63) is 0 Å². The summed E-state index contributed by atoms with van der Waals surface area (Å²) in [6.07, 6.45) is -0.388. The van der Waals surface area contributed by atoms with Crippen molar-refractivity contribution in [1.82, 2.24) is 15.1 Å². The molecule has 2 atom stereocenters. The Balaban J connectivity index is 0.00000312. The third kappa shape index (κ3) is 6.33. The second kappa shape index (κ2) is 9.62. The number of amides is 2. The minimum absolute atomic E-state index is 0. The van der Waals surface area contributed by atoms with E-state index in [2.05, 4.69) is 5.32 Å². The number of halogens is 4. The first-order valence-corrected chi connectivity index (χ1v) is 8.69. The van der Waals surface area contributed by atoms with Crippen LogP contribution in [0.25, 0.3) is 0 Å². The zero-order valence-corrected chi connectivity index (χ0v) is 15.3. The van der Waals surface area contributed by atoms with Gasteiger partial charge in [0.15, 0.2) is 0 Å². The Morgan fingerprint density at radius 1 is 1.20 bits per heavy atom. The Bertz CT molecular complexity index is 456. The first-order chi connectivity index (χ1) is 11.3. The number of alkyl halides is 3. The van der Waals surface area contributed by atoms with Crippen molar-refractivity contribution >= 4 is 24.2 Å². The molecule has 2 rings (SSSR count). The second-order valence-corrected chi connectivity index (χ2v) is 6.59. The minimum Gasteiger partial charge on any atom is -0.341 e. The molecule has 0 spiro atoms. The summed E-state index contributed by atoms with van der Waals surface area (Å²) in [5.41, 5.74) is 0. The number of hydrogen-bond donors (Lipinski definition) is 1. The molecular weight excluding hydrogens is 359 g/mol. The molecule has 0 bridgehead atoms. The predicted molar refractivity (Wildman–Crippen MR) is 90.5 cm³/mol. The summed E-state index contributed by atoms with van der Waals surface area (Å²) in [5, 5.41) is 3.19. The molecule has 0 aliphatic carbocycles. The molecule has 2 aliphatic heterocycles. The maximum Gasteiger partial charge on any atom is 0.406 e. The van der Waals surface area contributed by atoms with Crippen molar-refractivity contribution in [2.45, 2.75) is 51.2 Å². The van der Waals surface area contributed by atoms with Crippen LogP contribution in [0.2, 0.25) is 0 Å². The van der Waals surface area contributed by atoms with Crippen LogP contribution in [0.15, 0.2) is 0 Å². The van der Waals surface area contributed by atoms with Crippen molar-refractivity contribution in [3.63, 3.8) is 0 Å². The Hall–Kier alpha value is -1.02. The second-order valence-electron chi connectivity index (χ2n) is 6.59. The van der Waals surface area contributed by atoms with E-state index in [4.69, 9.17) is 0 Å². The molecule has 2 amide bonds. The van der Waals surface area contributed by atoms with Gasteiger partial charge >= 0.3 is 6.18 Å². The van der Waals surface area contributed by atoms with E-state index in [9.17, 15) is 22.8 Å². The van der Waals surface area contributed by atoms with Crippen LogP contribution in [0.3, 0.4) is 0 Å². The SMILES string of the molecule is CCN(CC(F)(F)F)C(=O)C1CCCN(C(=O)[C@H]2CCCCN2)C1.Cl. The summed E-state index contributed by atoms with van der Waals surface area (Å²) >= 11 is 0. The fourth-order valence-electron chi connectivity index (χ4n) is 3.48. The largest absolute Gasteiger partial charge is 0.406 e. The first-order valence-electron chi connectivity index (χ1n) is 8.69. The summed E-state index contributed by atoms with van der Waals surface area (Å²) in [5.74, 6) is -1.05. The molecule has 2 heterocycles. The van der Waals surface area contributed by atoms with E-state index in [-0.39, 0.29) is 37.4 Å². The highest BCUT2D eigenvalue weighted by molar-refractivity contribution is 5.85. The van der Waals surface area contributed by atoms with E-state index in [0.717, 1.165) is 30.7 Å². The third-order valence-electron chi connectivity index (χ3n) is 4.75. The molecule has 5 nitrogen and oxygen atoms in total. The van der Waals surface area contributed by atoms with Gasteiger partial charge in [-0.15, -0.1) is 12.4 Å². The van der Waals surface area contributed by atoms with Gasteiger partial charge in [0.25, 0.3) is 0 Å². The molecule has 1 N–H and O–H groups in total. The zero-order chi connectivity index (χ0) is 17.7. The fraction of sp³-hybridized carbons (Fsp3) is 0.875. The third-order valence-corrected chi connectivity index (χ3v) is 4.75. The average Bonchev–Trinajstić information content (AvgIpc) is 2.58. The molecule has 0 aromatic rings. The molecule has 2 saturated heterocycles. The van der Waals surface area contributed by atoms with Gasteiger partial charge in [-0.3, -0.25) is 9.59 Å². The topological polar surface area (TPSA) is 52.7 Å². The standard InChI is InChI=1S/C16H26F3N3O2.ClH/c1-2-21(11-16(17,18)19)14(23)12-6-5-9-22(10-12)15(24)13-7-3-4-8-20-13;/h12-13,20H,2-11H2,1H3;1H/t12?,13-;/m1./s1. The van der Waals surface area contributed by atoms with Gasteiger partial charge in [-0.2, -0.15) is 13.2 Å². The number of nitrogens with zero attached hydrogens (tertiary/aromatic N) is 2. The lowest BCUT2D eigenvalue weighted by molar-refractivity contribution is -0.165. The van der Waals surface area contributed by atoms with Crippen LogP contribution < -0.4 is 5.32 Å². The number of likely N-dealkylation sites (tertiary alicyclic amines) is 1. The van der Waals surface area contributed by atoms with Gasteiger partial charge in [-0.05, 0) is 39.2 Å². The monoisotopic (exact) mass is 385 g/mol. The number of hydrogen-bond acceptors (Lipinski definition) is 3. The van der Waals surface area contributed by atoms with Crippen LogP contribution >= 0.6 is 12.4 Å². The van der Waals surface area contributed by atoms with Crippen molar-refractivity contribution in [2.75, 3.05) is 32.7 Å². The van der Waals surface area contributed by atoms with E-state index >= 15 is 0 Å². The molecule has 25 heavy (non-hydrogen) atoms. The van der Waals surface area contributed by atoms with Crippen LogP contribution in [0, 0.1) is 5.92 Å². The van der Waals surface area contributed by atoms with Gasteiger partial charge in [0.05, 0.1) is 12.0 Å². The number of carbonyl (C=O) groups excluding carboxylic acids is 2. The quantitative estimate of drug-likeness (QED) is 0.807. The zero-order valence-electron chi connectivity index (χ0n) is 14.5. The predicted octanol–water partition coefficient (Wildman–Crippen LogP) is 2.20. The molecule has 0 aromatic carbocycles. The highest BCUT2D eigenvalue weighted by Crippen LogP contribution is 2.23. The summed E-state index contributed by atoms with van der Waals surface area (Å²) in [7, 11) is 0. The van der Waals surface area contributed by atoms with Crippen molar-refractivity contribution in [1.29, 1.82) is 0 Å². The van der Waals surface area contributed by atoms with Crippen molar-refractivity contribution in [2.24, 2.45) is 5.92 Å². The lowest BCUT2D eigenvalue weighted by Gasteiger charge is -2.37. The number of nitrogens with one attached hydrogen (secondary N) is 1. The molecular formula is C16H27ClF3N3O2. The van der Waals surface area contributed by atoms with Gasteiger partial charge in [-0.1, -0.05) is 6.42 Å². The molecule has 2 aliphatic rings. The lowest BCUT2D eigenvalue weighted by atomic mass is 9.95. The Labute approximate surface area is 152 Å². The average molecular weight is 386 g/mol. The summed E-state index contributed by atoms with van der Waals surface area (Å²) < 4.78 is 37.8. The normalized spacial score (nSPS) is 24.4. The molecule has 146 valence electrons. The smallest absolute Gasteiger partial charge is 0.341 e. The maximum atomic E-state index is 12.6. The Morgan fingerprint density at radius 2 is 1.92 bits per heavy atom. The number of piperidine rings is 2. The Morgan fingerprint density at radius 3 is 2.48 bits per heavy atom. The van der Waals surface area contributed by atoms with Crippen LogP contribution in [0.4, 0.5) is 13.2 Å². The van der Waals surface area contributed by atoms with E-state index < -0.39 is 24.5 Å². The summed E-state index contributed by atoms with van der Waals surface area (Å²) in [4.78, 5) is 27.5. The van der Waals surface area contributed by atoms with Crippen LogP contribution in [0.5, 0.6) is 0 Å². The summed E-state index contributed by atoms with van der Waals surface area (Å²) in [6.45, 7) is 1.95. The molecule has 0 radical (unpaired) electrons. The molecule has 9 heteroatoms. The number of rotatable bonds is 4. The molecule has 0 aromatic heterocycles. The Kier molecular flexibility index (Phi) is 8.47. The van der Waals surface area contributed by atoms with Gasteiger partial charge in [0, 0.05) is 19.6 Å². The highest BCUT2D eigenvalue weighted by Gasteiger charge is 2.37. The first kappa shape index (κ1) is 22.0. The highest BCUT2D eigenvalue weighted by atomic mass is 35.5. The maximum absolute atomic E-state index is 12.6. The molecule has 1 unspecified atom stereocenters. The summed E-state index contributed by atoms with van der Waals surface area (Å²) in [6, 6.07) is -0.218. The minimum atomic E-state index is -4.40.